The Morgan fingerprint density at radius 2 is 1.91 bits per heavy atom. The van der Waals surface area contributed by atoms with Crippen molar-refractivity contribution in [3.63, 3.8) is 0 Å². The normalized spacial score (nSPS) is 26.3. The molecule has 1 saturated heterocycles. The van der Waals surface area contributed by atoms with Crippen LogP contribution in [0.3, 0.4) is 0 Å². The summed E-state index contributed by atoms with van der Waals surface area (Å²) in [4.78, 5) is 21.0. The zero-order chi connectivity index (χ0) is 8.59. The van der Waals surface area contributed by atoms with Crippen molar-refractivity contribution < 1.29 is 25.1 Å². The van der Waals surface area contributed by atoms with Crippen LogP contribution in [0, 0.1) is 0 Å². The van der Waals surface area contributed by atoms with Crippen molar-refractivity contribution in [1.82, 2.24) is 10.1 Å². The predicted octanol–water partition coefficient (Wildman–Crippen LogP) is -1.61. The van der Waals surface area contributed by atoms with Gasteiger partial charge in [0.15, 0.2) is 6.10 Å². The highest BCUT2D eigenvalue weighted by molar-refractivity contribution is 5.97. The van der Waals surface area contributed by atoms with Crippen molar-refractivity contribution in [3.8, 4) is 0 Å². The number of imide groups is 1. The second-order valence-electron chi connectivity index (χ2n) is 2.03. The summed E-state index contributed by atoms with van der Waals surface area (Å²) in [6.45, 7) is -0.519. The molecule has 0 aromatic rings. The topological polar surface area (TPSA) is 101 Å². The van der Waals surface area contributed by atoms with E-state index in [0.29, 0.717) is 0 Å². The summed E-state index contributed by atoms with van der Waals surface area (Å²) in [6.07, 6.45) is -1.57. The lowest BCUT2D eigenvalue weighted by atomic mass is 10.3. The summed E-state index contributed by atoms with van der Waals surface area (Å²) in [6, 6.07) is -1.26. The molecule has 1 atom stereocenters. The maximum Gasteiger partial charge on any atom is 0.375 e. The molecule has 62 valence electrons. The highest BCUT2D eigenvalue weighted by atomic mass is 16.6. The van der Waals surface area contributed by atoms with Crippen LogP contribution < -0.4 is 0 Å². The average Bonchev–Trinajstić information content (AvgIpc) is 1.97. The lowest BCUT2D eigenvalue weighted by Crippen LogP contribution is -2.56. The first-order chi connectivity index (χ1) is 5.04. The van der Waals surface area contributed by atoms with Crippen LogP contribution in [0.4, 0.5) is 4.79 Å². The molecule has 0 spiro atoms. The van der Waals surface area contributed by atoms with Gasteiger partial charge in [-0.05, 0) is 0 Å². The molecular weight excluding hydrogens is 156 g/mol. The number of nitrogens with zero attached hydrogens (tertiary/aromatic N) is 2. The number of carbonyl (C=O) groups is 2. The van der Waals surface area contributed by atoms with Crippen molar-refractivity contribution in [2.24, 2.45) is 0 Å². The summed E-state index contributed by atoms with van der Waals surface area (Å²) < 4.78 is 0. The molecule has 0 bridgehead atoms. The summed E-state index contributed by atoms with van der Waals surface area (Å²) in [5, 5.41) is 25.6. The zero-order valence-corrected chi connectivity index (χ0v) is 5.34. The van der Waals surface area contributed by atoms with E-state index in [-0.39, 0.29) is 10.1 Å². The van der Waals surface area contributed by atoms with Crippen LogP contribution in [0.15, 0.2) is 0 Å². The molecule has 0 radical (unpaired) electrons. The molecule has 3 N–H and O–H groups in total. The van der Waals surface area contributed by atoms with Crippen LogP contribution in [-0.4, -0.2) is 50.2 Å². The van der Waals surface area contributed by atoms with E-state index in [1.807, 2.05) is 0 Å². The minimum Gasteiger partial charge on any atom is -0.381 e. The number of hydroxylamine groups is 4. The maximum absolute atomic E-state index is 10.5. The van der Waals surface area contributed by atoms with E-state index in [2.05, 4.69) is 0 Å². The Hall–Kier alpha value is -1.18. The van der Waals surface area contributed by atoms with Gasteiger partial charge in [0.05, 0.1) is 6.54 Å². The van der Waals surface area contributed by atoms with Gasteiger partial charge in [0.2, 0.25) is 0 Å². The number of carbonyl (C=O) groups excluding carboxylic acids is 2. The minimum absolute atomic E-state index is 0.0477. The van der Waals surface area contributed by atoms with E-state index in [0.717, 1.165) is 0 Å². The van der Waals surface area contributed by atoms with Crippen LogP contribution in [0.2, 0.25) is 0 Å². The van der Waals surface area contributed by atoms with Gasteiger partial charge in [-0.15, -0.1) is 5.06 Å². The van der Waals surface area contributed by atoms with Crippen LogP contribution >= 0.6 is 0 Å². The number of urea groups is 1. The fraction of sp³-hybridized carbons (Fsp3) is 0.500. The molecule has 1 aliphatic rings. The lowest BCUT2D eigenvalue weighted by molar-refractivity contribution is -0.191. The Morgan fingerprint density at radius 1 is 1.36 bits per heavy atom. The monoisotopic (exact) mass is 162 g/mol. The molecule has 0 saturated carbocycles. The fourth-order valence-electron chi connectivity index (χ4n) is 0.665. The predicted molar refractivity (Wildman–Crippen MR) is 28.5 cm³/mol. The van der Waals surface area contributed by atoms with E-state index in [1.165, 1.54) is 0 Å². The van der Waals surface area contributed by atoms with Crippen LogP contribution in [-0.2, 0) is 4.79 Å². The molecular formula is C4H6N2O5. The highest BCUT2D eigenvalue weighted by Crippen LogP contribution is 2.05. The molecule has 7 nitrogen and oxygen atoms in total. The number of aliphatic hydroxyl groups is 1. The van der Waals surface area contributed by atoms with Gasteiger partial charge in [-0.2, -0.15) is 0 Å². The van der Waals surface area contributed by atoms with Gasteiger partial charge in [-0.25, -0.2) is 9.86 Å². The van der Waals surface area contributed by atoms with Crippen LogP contribution in [0.5, 0.6) is 0 Å². The molecule has 11 heavy (non-hydrogen) atoms. The van der Waals surface area contributed by atoms with Crippen molar-refractivity contribution >= 4 is 11.9 Å². The molecule has 1 aliphatic heterocycles. The van der Waals surface area contributed by atoms with Gasteiger partial charge < -0.3 is 5.11 Å². The third kappa shape index (κ3) is 1.16. The van der Waals surface area contributed by atoms with Crippen molar-refractivity contribution in [3.05, 3.63) is 0 Å². The third-order valence-electron chi connectivity index (χ3n) is 1.24. The van der Waals surface area contributed by atoms with Gasteiger partial charge in [-0.3, -0.25) is 15.2 Å². The van der Waals surface area contributed by atoms with Gasteiger partial charge in [0.1, 0.15) is 0 Å². The summed E-state index contributed by atoms with van der Waals surface area (Å²) in [5.41, 5.74) is 0. The quantitative estimate of drug-likeness (QED) is 0.372. The minimum atomic E-state index is -1.57. The standard InChI is InChI=1S/C4H6N2O5/c7-2-1-5(10)4(9)6(11)3(2)8/h2,7,10-11H,1H2. The zero-order valence-electron chi connectivity index (χ0n) is 5.34. The van der Waals surface area contributed by atoms with Gasteiger partial charge in [-0.1, -0.05) is 0 Å². The molecule has 1 unspecified atom stereocenters. The van der Waals surface area contributed by atoms with E-state index in [4.69, 9.17) is 15.5 Å². The molecule has 1 fully saturated rings. The summed E-state index contributed by atoms with van der Waals surface area (Å²) >= 11 is 0. The molecule has 3 amide bonds. The molecule has 7 heteroatoms. The molecule has 1 rings (SSSR count). The Bertz CT molecular complexity index is 185. The van der Waals surface area contributed by atoms with Crippen molar-refractivity contribution in [2.45, 2.75) is 6.10 Å². The Morgan fingerprint density at radius 3 is 2.45 bits per heavy atom. The first-order valence-electron chi connectivity index (χ1n) is 2.75. The molecule has 1 heterocycles. The summed E-state index contributed by atoms with van der Waals surface area (Å²) in [7, 11) is 0. The van der Waals surface area contributed by atoms with Gasteiger partial charge >= 0.3 is 6.03 Å². The number of hydrogen-bond donors (Lipinski definition) is 3. The van der Waals surface area contributed by atoms with E-state index >= 15 is 0 Å². The summed E-state index contributed by atoms with van der Waals surface area (Å²) in [5.74, 6) is -1.14. The largest absolute Gasteiger partial charge is 0.381 e. The number of rotatable bonds is 0. The second kappa shape index (κ2) is 2.46. The molecule has 0 aromatic carbocycles. The first-order valence-corrected chi connectivity index (χ1v) is 2.75. The van der Waals surface area contributed by atoms with Crippen LogP contribution in [0.25, 0.3) is 0 Å². The highest BCUT2D eigenvalue weighted by Gasteiger charge is 2.37. The lowest BCUT2D eigenvalue weighted by Gasteiger charge is -2.28. The van der Waals surface area contributed by atoms with Gasteiger partial charge in [0, 0.05) is 0 Å². The first kappa shape index (κ1) is 7.92. The SMILES string of the molecule is O=C1C(O)CN(O)C(=O)N1O. The average molecular weight is 162 g/mol. The Balaban J connectivity index is 2.79. The van der Waals surface area contributed by atoms with Gasteiger partial charge in [0.25, 0.3) is 5.91 Å². The van der Waals surface area contributed by atoms with E-state index < -0.39 is 24.6 Å². The van der Waals surface area contributed by atoms with Crippen LogP contribution in [0.1, 0.15) is 0 Å². The second-order valence-corrected chi connectivity index (χ2v) is 2.03. The number of hydrogen-bond acceptors (Lipinski definition) is 5. The third-order valence-corrected chi connectivity index (χ3v) is 1.24. The molecule has 0 aliphatic carbocycles. The van der Waals surface area contributed by atoms with E-state index in [1.54, 1.807) is 0 Å². The van der Waals surface area contributed by atoms with Crippen molar-refractivity contribution in [1.29, 1.82) is 0 Å². The van der Waals surface area contributed by atoms with Crippen molar-refractivity contribution in [2.75, 3.05) is 6.54 Å². The Labute approximate surface area is 61.0 Å². The maximum atomic E-state index is 10.5. The smallest absolute Gasteiger partial charge is 0.375 e. The number of aliphatic hydroxyl groups excluding tert-OH is 1. The Kier molecular flexibility index (Phi) is 1.77. The fourth-order valence-corrected chi connectivity index (χ4v) is 0.665. The molecule has 0 aromatic heterocycles. The number of β-amino-alcohol motifs (C(OH)–C–C–N with tert-alkyl or cyclic N) is 1. The van der Waals surface area contributed by atoms with E-state index in [9.17, 15) is 9.59 Å². The number of amides is 3.